The predicted octanol–water partition coefficient (Wildman–Crippen LogP) is 5.40. The number of carbonyl (C=O) groups excluding carboxylic acids is 3. The topological polar surface area (TPSA) is 87.7 Å². The fourth-order valence-corrected chi connectivity index (χ4v) is 8.26. The Hall–Kier alpha value is -2.38. The van der Waals surface area contributed by atoms with Crippen LogP contribution in [-0.2, 0) is 19.1 Å². The molecule has 3 heterocycles. The molecule has 5 aliphatic rings. The van der Waals surface area contributed by atoms with Crippen LogP contribution in [0.3, 0.4) is 0 Å². The third-order valence-corrected chi connectivity index (χ3v) is 11.0. The SMILES string of the molecule is Cc1ccc(NC(=O)C2C3C=CC4(O3)C2C(=O)N(C2CCCCCC2)C4C(=O)NC2CCCC(C)C2C)cc1Cl. The molecular weight excluding hydrogens is 526 g/mol. The van der Waals surface area contributed by atoms with Crippen molar-refractivity contribution in [2.24, 2.45) is 23.7 Å². The first-order valence-corrected chi connectivity index (χ1v) is 15.7. The van der Waals surface area contributed by atoms with Gasteiger partial charge >= 0.3 is 0 Å². The first kappa shape index (κ1) is 27.8. The molecule has 2 saturated heterocycles. The Morgan fingerprint density at radius 1 is 1.02 bits per heavy atom. The quantitative estimate of drug-likeness (QED) is 0.368. The van der Waals surface area contributed by atoms with Gasteiger partial charge in [-0.2, -0.15) is 0 Å². The number of carbonyl (C=O) groups is 3. The van der Waals surface area contributed by atoms with E-state index in [2.05, 4.69) is 24.5 Å². The number of likely N-dealkylation sites (tertiary alicyclic amines) is 1. The Kier molecular flexibility index (Phi) is 7.49. The molecule has 7 nitrogen and oxygen atoms in total. The number of benzene rings is 1. The van der Waals surface area contributed by atoms with E-state index in [4.69, 9.17) is 16.3 Å². The van der Waals surface area contributed by atoms with Crippen molar-refractivity contribution in [1.82, 2.24) is 10.2 Å². The van der Waals surface area contributed by atoms with Crippen LogP contribution >= 0.6 is 11.6 Å². The van der Waals surface area contributed by atoms with E-state index >= 15 is 0 Å². The Labute approximate surface area is 242 Å². The highest BCUT2D eigenvalue weighted by Crippen LogP contribution is 2.56. The minimum atomic E-state index is -1.13. The summed E-state index contributed by atoms with van der Waals surface area (Å²) in [6, 6.07) is 4.68. The van der Waals surface area contributed by atoms with Gasteiger partial charge in [0, 0.05) is 22.8 Å². The molecule has 8 atom stereocenters. The van der Waals surface area contributed by atoms with Crippen LogP contribution in [0.25, 0.3) is 0 Å². The van der Waals surface area contributed by atoms with Gasteiger partial charge in [-0.15, -0.1) is 0 Å². The first-order valence-electron chi connectivity index (χ1n) is 15.3. The molecule has 3 aliphatic heterocycles. The number of fused-ring (bicyclic) bond motifs is 1. The van der Waals surface area contributed by atoms with Crippen molar-refractivity contribution in [3.05, 3.63) is 40.9 Å². The number of halogens is 1. The Bertz CT molecular complexity index is 1210. The maximum absolute atomic E-state index is 14.4. The number of hydrogen-bond donors (Lipinski definition) is 2. The van der Waals surface area contributed by atoms with Gasteiger partial charge in [0.1, 0.15) is 11.6 Å². The van der Waals surface area contributed by atoms with Gasteiger partial charge in [-0.1, -0.05) is 82.2 Å². The third kappa shape index (κ3) is 4.57. The molecule has 2 bridgehead atoms. The van der Waals surface area contributed by atoms with Gasteiger partial charge in [-0.05, 0) is 55.7 Å². The van der Waals surface area contributed by atoms with E-state index in [0.717, 1.165) is 56.9 Å². The van der Waals surface area contributed by atoms with Crippen LogP contribution in [0, 0.1) is 30.6 Å². The maximum Gasteiger partial charge on any atom is 0.246 e. The molecule has 8 unspecified atom stereocenters. The van der Waals surface area contributed by atoms with Gasteiger partial charge in [0.2, 0.25) is 17.7 Å². The fraction of sp³-hybridized carbons (Fsp3) is 0.656. The molecule has 0 radical (unpaired) electrons. The van der Waals surface area contributed by atoms with Crippen molar-refractivity contribution in [2.75, 3.05) is 5.32 Å². The summed E-state index contributed by atoms with van der Waals surface area (Å²) in [7, 11) is 0. The van der Waals surface area contributed by atoms with Crippen LogP contribution in [0.5, 0.6) is 0 Å². The molecule has 216 valence electrons. The second kappa shape index (κ2) is 10.8. The molecule has 1 spiro atoms. The van der Waals surface area contributed by atoms with Crippen molar-refractivity contribution in [1.29, 1.82) is 0 Å². The summed E-state index contributed by atoms with van der Waals surface area (Å²) in [5, 5.41) is 6.92. The Morgan fingerprint density at radius 3 is 2.50 bits per heavy atom. The highest BCUT2D eigenvalue weighted by atomic mass is 35.5. The van der Waals surface area contributed by atoms with Gasteiger partial charge in [0.25, 0.3) is 0 Å². The van der Waals surface area contributed by atoms with Gasteiger partial charge in [-0.3, -0.25) is 14.4 Å². The van der Waals surface area contributed by atoms with E-state index in [9.17, 15) is 14.4 Å². The summed E-state index contributed by atoms with van der Waals surface area (Å²) < 4.78 is 6.57. The third-order valence-electron chi connectivity index (χ3n) is 10.6. The Balaban J connectivity index is 1.32. The molecule has 3 amide bonds. The molecule has 6 rings (SSSR count). The molecule has 2 N–H and O–H groups in total. The lowest BCUT2D eigenvalue weighted by Crippen LogP contribution is -2.59. The number of hydrogen-bond acceptors (Lipinski definition) is 4. The van der Waals surface area contributed by atoms with Gasteiger partial charge < -0.3 is 20.3 Å². The van der Waals surface area contributed by atoms with E-state index in [1.807, 2.05) is 36.1 Å². The number of rotatable bonds is 5. The monoisotopic (exact) mass is 567 g/mol. The van der Waals surface area contributed by atoms with Crippen LogP contribution in [0.15, 0.2) is 30.4 Å². The van der Waals surface area contributed by atoms with E-state index in [-0.39, 0.29) is 29.8 Å². The van der Waals surface area contributed by atoms with Crippen LogP contribution in [0.1, 0.15) is 77.2 Å². The lowest BCUT2D eigenvalue weighted by atomic mass is 9.73. The summed E-state index contributed by atoms with van der Waals surface area (Å²) in [6.07, 6.45) is 12.6. The summed E-state index contributed by atoms with van der Waals surface area (Å²) in [5.74, 6) is -1.07. The van der Waals surface area contributed by atoms with Crippen LogP contribution in [-0.4, -0.2) is 52.5 Å². The lowest BCUT2D eigenvalue weighted by Gasteiger charge is -2.40. The van der Waals surface area contributed by atoms with Gasteiger partial charge in [-0.25, -0.2) is 0 Å². The van der Waals surface area contributed by atoms with Gasteiger partial charge in [0.15, 0.2) is 0 Å². The number of aryl methyl sites for hydroxylation is 1. The predicted molar refractivity (Wildman–Crippen MR) is 155 cm³/mol. The van der Waals surface area contributed by atoms with E-state index < -0.39 is 29.6 Å². The second-order valence-electron chi connectivity index (χ2n) is 12.9. The number of anilines is 1. The standard InChI is InChI=1S/C32H42ClN3O4/c1-18-9-8-12-24(20(18)3)35-30(38)28-32-16-15-25(40-32)26(29(37)34-21-14-13-19(2)23(33)17-21)27(32)31(39)36(28)22-10-6-4-5-7-11-22/h13-18,20,22,24-28H,4-12H2,1-3H3,(H,34,37)(H,35,38). The van der Waals surface area contributed by atoms with E-state index in [1.165, 1.54) is 6.42 Å². The average Bonchev–Trinajstić information content (AvgIpc) is 3.47. The van der Waals surface area contributed by atoms with Crippen molar-refractivity contribution in [3.63, 3.8) is 0 Å². The van der Waals surface area contributed by atoms with Crippen molar-refractivity contribution >= 4 is 35.0 Å². The fourth-order valence-electron chi connectivity index (χ4n) is 8.08. The summed E-state index contributed by atoms with van der Waals surface area (Å²) >= 11 is 6.31. The number of nitrogens with zero attached hydrogens (tertiary/aromatic N) is 1. The summed E-state index contributed by atoms with van der Waals surface area (Å²) in [4.78, 5) is 44.3. The smallest absolute Gasteiger partial charge is 0.246 e. The van der Waals surface area contributed by atoms with Crippen LogP contribution in [0.4, 0.5) is 5.69 Å². The van der Waals surface area contributed by atoms with Crippen molar-refractivity contribution in [2.45, 2.75) is 108 Å². The number of ether oxygens (including phenoxy) is 1. The Morgan fingerprint density at radius 2 is 1.77 bits per heavy atom. The van der Waals surface area contributed by atoms with Crippen molar-refractivity contribution < 1.29 is 19.1 Å². The van der Waals surface area contributed by atoms with E-state index in [1.54, 1.807) is 6.07 Å². The zero-order chi connectivity index (χ0) is 28.2. The molecule has 2 saturated carbocycles. The number of amides is 3. The molecule has 40 heavy (non-hydrogen) atoms. The second-order valence-corrected chi connectivity index (χ2v) is 13.3. The first-order chi connectivity index (χ1) is 19.2. The largest absolute Gasteiger partial charge is 0.359 e. The zero-order valence-corrected chi connectivity index (χ0v) is 24.6. The normalized spacial score (nSPS) is 37.4. The highest BCUT2D eigenvalue weighted by Gasteiger charge is 2.73. The molecule has 2 aliphatic carbocycles. The zero-order valence-electron chi connectivity index (χ0n) is 23.8. The maximum atomic E-state index is 14.4. The number of nitrogens with one attached hydrogen (secondary N) is 2. The highest BCUT2D eigenvalue weighted by molar-refractivity contribution is 6.31. The molecular formula is C32H42ClN3O4. The van der Waals surface area contributed by atoms with Crippen molar-refractivity contribution in [3.8, 4) is 0 Å². The van der Waals surface area contributed by atoms with Gasteiger partial charge in [0.05, 0.1) is 17.9 Å². The minimum Gasteiger partial charge on any atom is -0.359 e. The minimum absolute atomic E-state index is 0.0240. The molecule has 1 aromatic carbocycles. The molecule has 1 aromatic rings. The summed E-state index contributed by atoms with van der Waals surface area (Å²) in [6.45, 7) is 6.38. The lowest BCUT2D eigenvalue weighted by molar-refractivity contribution is -0.144. The molecule has 4 fully saturated rings. The van der Waals surface area contributed by atoms with Crippen LogP contribution in [0.2, 0.25) is 5.02 Å². The molecule has 8 heteroatoms. The molecule has 0 aromatic heterocycles. The average molecular weight is 568 g/mol. The summed E-state index contributed by atoms with van der Waals surface area (Å²) in [5.41, 5.74) is 0.377. The van der Waals surface area contributed by atoms with Crippen LogP contribution < -0.4 is 10.6 Å². The van der Waals surface area contributed by atoms with E-state index in [0.29, 0.717) is 22.5 Å².